The van der Waals surface area contributed by atoms with Gasteiger partial charge in [-0.3, -0.25) is 0 Å². The van der Waals surface area contributed by atoms with Crippen molar-refractivity contribution in [2.75, 3.05) is 24.2 Å². The number of rotatable bonds is 6. The Morgan fingerprint density at radius 2 is 1.86 bits per heavy atom. The Morgan fingerprint density at radius 1 is 1.19 bits per heavy atom. The Bertz CT molecular complexity index is 454. The first-order valence-corrected chi connectivity index (χ1v) is 7.50. The first kappa shape index (κ1) is 15.9. The molecule has 1 aromatic heterocycles. The maximum atomic E-state index is 12.8. The number of anilines is 2. The van der Waals surface area contributed by atoms with Gasteiger partial charge in [-0.2, -0.15) is 13.2 Å². The number of hydrogen-bond donors (Lipinski definition) is 2. The highest BCUT2D eigenvalue weighted by atomic mass is 19.4. The van der Waals surface area contributed by atoms with E-state index in [2.05, 4.69) is 15.6 Å². The largest absolute Gasteiger partial charge is 0.416 e. The molecular weight excluding hydrogens is 279 g/mol. The van der Waals surface area contributed by atoms with Gasteiger partial charge in [0, 0.05) is 13.6 Å². The van der Waals surface area contributed by atoms with Crippen molar-refractivity contribution < 1.29 is 13.2 Å². The molecule has 0 aliphatic heterocycles. The number of pyridine rings is 1. The summed E-state index contributed by atoms with van der Waals surface area (Å²) in [6.07, 6.45) is 2.99. The van der Waals surface area contributed by atoms with Gasteiger partial charge in [0.1, 0.15) is 11.6 Å². The van der Waals surface area contributed by atoms with Crippen molar-refractivity contribution >= 4 is 11.6 Å². The molecule has 1 aliphatic rings. The van der Waals surface area contributed by atoms with E-state index in [0.29, 0.717) is 6.54 Å². The molecule has 0 saturated heterocycles. The maximum Gasteiger partial charge on any atom is 0.416 e. The van der Waals surface area contributed by atoms with Crippen LogP contribution in [0.5, 0.6) is 0 Å². The monoisotopic (exact) mass is 301 g/mol. The van der Waals surface area contributed by atoms with Crippen molar-refractivity contribution in [3.8, 4) is 0 Å². The topological polar surface area (TPSA) is 37.0 Å². The van der Waals surface area contributed by atoms with Crippen LogP contribution < -0.4 is 10.6 Å². The number of halogens is 3. The molecule has 0 unspecified atom stereocenters. The van der Waals surface area contributed by atoms with E-state index in [1.165, 1.54) is 25.7 Å². The second-order valence-corrected chi connectivity index (χ2v) is 5.59. The van der Waals surface area contributed by atoms with Crippen LogP contribution in [0.15, 0.2) is 12.1 Å². The van der Waals surface area contributed by atoms with E-state index < -0.39 is 11.7 Å². The molecule has 6 heteroatoms. The summed E-state index contributed by atoms with van der Waals surface area (Å²) in [5.74, 6) is 1.30. The molecule has 1 fully saturated rings. The molecule has 21 heavy (non-hydrogen) atoms. The second kappa shape index (κ2) is 7.00. The van der Waals surface area contributed by atoms with E-state index >= 15 is 0 Å². The first-order chi connectivity index (χ1) is 9.99. The van der Waals surface area contributed by atoms with Crippen molar-refractivity contribution in [3.63, 3.8) is 0 Å². The summed E-state index contributed by atoms with van der Waals surface area (Å²) in [6.45, 7) is 0.661. The summed E-state index contributed by atoms with van der Waals surface area (Å²) in [4.78, 5) is 4.11. The molecule has 118 valence electrons. The Labute approximate surface area is 123 Å². The molecule has 2 N–H and O–H groups in total. The zero-order valence-corrected chi connectivity index (χ0v) is 12.3. The fourth-order valence-corrected chi connectivity index (χ4v) is 2.82. The number of aromatic nitrogens is 1. The summed E-state index contributed by atoms with van der Waals surface area (Å²) in [7, 11) is 1.56. The molecule has 3 nitrogen and oxygen atoms in total. The summed E-state index contributed by atoms with van der Waals surface area (Å²) < 4.78 is 38.4. The number of alkyl halides is 3. The first-order valence-electron chi connectivity index (χ1n) is 7.50. The lowest BCUT2D eigenvalue weighted by Crippen LogP contribution is -2.11. The number of hydrogen-bond acceptors (Lipinski definition) is 3. The Kier molecular flexibility index (Phi) is 5.31. The minimum atomic E-state index is -4.35. The van der Waals surface area contributed by atoms with Gasteiger partial charge in [0.2, 0.25) is 0 Å². The smallest absolute Gasteiger partial charge is 0.373 e. The lowest BCUT2D eigenvalue weighted by molar-refractivity contribution is -0.137. The predicted molar refractivity (Wildman–Crippen MR) is 78.5 cm³/mol. The van der Waals surface area contributed by atoms with Crippen molar-refractivity contribution in [2.24, 2.45) is 5.92 Å². The number of nitrogens with one attached hydrogen (secondary N) is 2. The molecule has 1 aromatic rings. The van der Waals surface area contributed by atoms with Gasteiger partial charge in [-0.15, -0.1) is 0 Å². The summed E-state index contributed by atoms with van der Waals surface area (Å²) in [5.41, 5.74) is -0.680. The molecule has 0 atom stereocenters. The van der Waals surface area contributed by atoms with Gasteiger partial charge in [0.05, 0.1) is 5.56 Å². The van der Waals surface area contributed by atoms with Gasteiger partial charge in [-0.05, 0) is 30.9 Å². The van der Waals surface area contributed by atoms with E-state index in [0.717, 1.165) is 30.9 Å². The maximum absolute atomic E-state index is 12.8. The van der Waals surface area contributed by atoms with Crippen LogP contribution in [0.3, 0.4) is 0 Å². The lowest BCUT2D eigenvalue weighted by Gasteiger charge is -2.13. The van der Waals surface area contributed by atoms with Crippen molar-refractivity contribution in [2.45, 2.75) is 44.7 Å². The van der Waals surface area contributed by atoms with Gasteiger partial charge < -0.3 is 10.6 Å². The zero-order chi connectivity index (χ0) is 15.3. The average Bonchev–Trinajstić information content (AvgIpc) is 2.95. The SMILES string of the molecule is CNc1cc(C(F)(F)F)cc(NCCCC2CCCC2)n1. The third kappa shape index (κ3) is 4.79. The molecule has 0 radical (unpaired) electrons. The van der Waals surface area contributed by atoms with Crippen LogP contribution in [-0.2, 0) is 6.18 Å². The Morgan fingerprint density at radius 3 is 2.48 bits per heavy atom. The minimum Gasteiger partial charge on any atom is -0.373 e. The lowest BCUT2D eigenvalue weighted by atomic mass is 10.0. The highest BCUT2D eigenvalue weighted by Gasteiger charge is 2.31. The van der Waals surface area contributed by atoms with E-state index in [4.69, 9.17) is 0 Å². The third-order valence-electron chi connectivity index (χ3n) is 3.98. The average molecular weight is 301 g/mol. The van der Waals surface area contributed by atoms with Crippen LogP contribution in [0, 0.1) is 5.92 Å². The van der Waals surface area contributed by atoms with Crippen LogP contribution in [-0.4, -0.2) is 18.6 Å². The highest BCUT2D eigenvalue weighted by Crippen LogP contribution is 2.32. The summed E-state index contributed by atoms with van der Waals surface area (Å²) in [5, 5.41) is 5.67. The van der Waals surface area contributed by atoms with Crippen LogP contribution in [0.4, 0.5) is 24.8 Å². The normalized spacial score (nSPS) is 16.2. The van der Waals surface area contributed by atoms with Crippen LogP contribution in [0.25, 0.3) is 0 Å². The molecule has 0 spiro atoms. The summed E-state index contributed by atoms with van der Waals surface area (Å²) >= 11 is 0. The van der Waals surface area contributed by atoms with Gasteiger partial charge in [-0.25, -0.2) is 4.98 Å². The third-order valence-corrected chi connectivity index (χ3v) is 3.98. The zero-order valence-electron chi connectivity index (χ0n) is 12.3. The van der Waals surface area contributed by atoms with Crippen LogP contribution >= 0.6 is 0 Å². The molecule has 1 saturated carbocycles. The van der Waals surface area contributed by atoms with E-state index in [-0.39, 0.29) is 11.6 Å². The van der Waals surface area contributed by atoms with Crippen molar-refractivity contribution in [1.29, 1.82) is 0 Å². The Hall–Kier alpha value is -1.46. The molecular formula is C15H22F3N3. The molecule has 0 amide bonds. The van der Waals surface area contributed by atoms with Gasteiger partial charge in [0.25, 0.3) is 0 Å². The number of nitrogens with zero attached hydrogens (tertiary/aromatic N) is 1. The van der Waals surface area contributed by atoms with Crippen LogP contribution in [0.1, 0.15) is 44.1 Å². The summed E-state index contributed by atoms with van der Waals surface area (Å²) in [6, 6.07) is 2.08. The van der Waals surface area contributed by atoms with E-state index in [1.54, 1.807) is 7.05 Å². The van der Waals surface area contributed by atoms with Crippen molar-refractivity contribution in [3.05, 3.63) is 17.7 Å². The molecule has 2 rings (SSSR count). The van der Waals surface area contributed by atoms with Gasteiger partial charge in [0.15, 0.2) is 0 Å². The molecule has 1 heterocycles. The molecule has 0 aromatic carbocycles. The molecule has 0 bridgehead atoms. The van der Waals surface area contributed by atoms with E-state index in [1.807, 2.05) is 0 Å². The Balaban J connectivity index is 1.89. The molecule has 1 aliphatic carbocycles. The van der Waals surface area contributed by atoms with Gasteiger partial charge in [-0.1, -0.05) is 25.7 Å². The minimum absolute atomic E-state index is 0.225. The van der Waals surface area contributed by atoms with Crippen molar-refractivity contribution in [1.82, 2.24) is 4.98 Å². The fourth-order valence-electron chi connectivity index (χ4n) is 2.82. The van der Waals surface area contributed by atoms with Gasteiger partial charge >= 0.3 is 6.18 Å². The van der Waals surface area contributed by atoms with E-state index in [9.17, 15) is 13.2 Å². The standard InChI is InChI=1S/C15H22F3N3/c1-19-13-9-12(15(16,17)18)10-14(21-13)20-8-4-7-11-5-2-3-6-11/h9-11H,2-8H2,1H3,(H2,19,20,21). The fraction of sp³-hybridized carbons (Fsp3) is 0.667. The predicted octanol–water partition coefficient (Wildman–Crippen LogP) is 4.52. The quantitative estimate of drug-likeness (QED) is 0.758. The highest BCUT2D eigenvalue weighted by molar-refractivity contribution is 5.49. The van der Waals surface area contributed by atoms with Crippen LogP contribution in [0.2, 0.25) is 0 Å². The second-order valence-electron chi connectivity index (χ2n) is 5.59.